The molecule has 0 atom stereocenters. The number of nitrogens with zero attached hydrogens (tertiary/aromatic N) is 2. The Kier molecular flexibility index (Phi) is 11.9. The van der Waals surface area contributed by atoms with E-state index in [2.05, 4.69) is 337 Å². The van der Waals surface area contributed by atoms with Crippen molar-refractivity contribution in [2.75, 3.05) is 0 Å². The largest absolute Gasteiger partial charge is 0.456 e. The summed E-state index contributed by atoms with van der Waals surface area (Å²) in [6.07, 6.45) is 0. The minimum absolute atomic E-state index is 0.861. The van der Waals surface area contributed by atoms with Crippen LogP contribution in [-0.2, 0) is 0 Å². The molecule has 6 heterocycles. The molecule has 0 saturated heterocycles. The quantitative estimate of drug-likeness (QED) is 0.107. The minimum Gasteiger partial charge on any atom is -0.456 e. The van der Waals surface area contributed by atoms with Crippen molar-refractivity contribution >= 4 is 179 Å². The molecule has 0 radical (unpaired) electrons. The molecule has 4 nitrogen and oxygen atoms in total. The number of benzene rings is 15. The van der Waals surface area contributed by atoms with Gasteiger partial charge in [-0.2, -0.15) is 0 Å². The smallest absolute Gasteiger partial charge is 0.182 e. The van der Waals surface area contributed by atoms with Crippen LogP contribution in [0.1, 0.15) is 0 Å². The summed E-state index contributed by atoms with van der Waals surface area (Å²) in [7, 11) is -2.99. The zero-order valence-corrected chi connectivity index (χ0v) is 54.8. The first-order valence-electron chi connectivity index (χ1n) is 33.1. The fourth-order valence-electron chi connectivity index (χ4n) is 16.3. The minimum atomic E-state index is -2.99. The van der Waals surface area contributed by atoms with Gasteiger partial charge in [0.2, 0.25) is 0 Å². The van der Waals surface area contributed by atoms with E-state index >= 15 is 0 Å². The molecule has 0 aliphatic heterocycles. The summed E-state index contributed by atoms with van der Waals surface area (Å²) in [6.45, 7) is 0. The van der Waals surface area contributed by atoms with E-state index in [1.807, 2.05) is 22.7 Å². The molecule has 0 amide bonds. The molecular weight excluding hydrogens is 1230 g/mol. The average Bonchev–Trinajstić information content (AvgIpc) is 1.70. The SMILES string of the molecule is c1ccc([Si](c2ccccc2)(c2cccc3c2sc2ccccc23)c2cccc3c2sc2cc(-c4ccc5c(c4)c4ccccc4n5-c4ccc5oc6ccc(-c7cccc(-c8ccc9oc%10ccc(-n%11c%12ccccc%12c%12ccccc%12%11)cc%10c9c8)c7)cc6c5c4)ccc23)cc1. The Hall–Kier alpha value is -11.8. The van der Waals surface area contributed by atoms with Crippen molar-refractivity contribution < 1.29 is 8.83 Å². The predicted molar refractivity (Wildman–Crippen MR) is 415 cm³/mol. The number of hydrogen-bond acceptors (Lipinski definition) is 4. The molecule has 0 N–H and O–H groups in total. The van der Waals surface area contributed by atoms with E-state index in [-0.39, 0.29) is 0 Å². The monoisotopic (exact) mass is 1290 g/mol. The van der Waals surface area contributed by atoms with Gasteiger partial charge in [0.25, 0.3) is 0 Å². The second kappa shape index (κ2) is 21.1. The molecule has 15 aromatic carbocycles. The highest BCUT2D eigenvalue weighted by atomic mass is 32.1. The lowest BCUT2D eigenvalue weighted by molar-refractivity contribution is 0.668. The molecule has 0 saturated carbocycles. The van der Waals surface area contributed by atoms with E-state index < -0.39 is 8.07 Å². The van der Waals surface area contributed by atoms with Gasteiger partial charge in [0.1, 0.15) is 22.3 Å². The maximum absolute atomic E-state index is 6.63. The first-order chi connectivity index (χ1) is 48.1. The van der Waals surface area contributed by atoms with Gasteiger partial charge in [-0.25, -0.2) is 0 Å². The van der Waals surface area contributed by atoms with E-state index in [0.717, 1.165) is 88.5 Å². The standard InChI is InChI=1S/C90H54N2O2S2Si/c1-3-20-63(21-4-1)97(64-22-5-2-6-23-64,87-34-16-28-70-68-27-10-14-33-85(68)95-89(70)87)88-35-17-29-71-69-42-36-60(52-86(69)96-90(71)88)57-37-43-80-72(49-57)67-26-9-13-32-79(67)92(80)62-41-47-84-76(54-62)74-51-59(39-45-82(74)94-84)56-19-15-18-55(48-56)58-38-44-81-73(50-58)75-53-61(40-46-83(75)93-81)91-77-30-11-7-24-65(77)66-25-8-12-31-78(66)91/h1-54H. The molecule has 0 unspecified atom stereocenters. The van der Waals surface area contributed by atoms with E-state index in [1.165, 1.54) is 105 Å². The summed E-state index contributed by atoms with van der Waals surface area (Å²) in [6, 6.07) is 122. The van der Waals surface area contributed by atoms with Crippen LogP contribution in [0.15, 0.2) is 336 Å². The summed E-state index contributed by atoms with van der Waals surface area (Å²) in [4.78, 5) is 0. The van der Waals surface area contributed by atoms with Crippen LogP contribution in [0.4, 0.5) is 0 Å². The van der Waals surface area contributed by atoms with Crippen LogP contribution in [0.3, 0.4) is 0 Å². The second-order valence-electron chi connectivity index (χ2n) is 25.8. The molecule has 0 fully saturated rings. The third kappa shape index (κ3) is 8.14. The Bertz CT molecular complexity index is 6750. The van der Waals surface area contributed by atoms with Crippen molar-refractivity contribution in [1.29, 1.82) is 0 Å². The summed E-state index contributed by atoms with van der Waals surface area (Å²) in [5.41, 5.74) is 17.3. The first kappa shape index (κ1) is 54.5. The molecule has 97 heavy (non-hydrogen) atoms. The molecule has 0 spiro atoms. The lowest BCUT2D eigenvalue weighted by Crippen LogP contribution is -2.74. The number of fused-ring (bicyclic) bond motifs is 18. The number of thiophene rings is 2. The Morgan fingerprint density at radius 1 is 0.227 bits per heavy atom. The third-order valence-corrected chi connectivity index (χ3v) is 28.3. The van der Waals surface area contributed by atoms with Gasteiger partial charge in [-0.1, -0.05) is 218 Å². The predicted octanol–water partition coefficient (Wildman–Crippen LogP) is 22.8. The van der Waals surface area contributed by atoms with Gasteiger partial charge in [0.05, 0.1) is 22.1 Å². The van der Waals surface area contributed by atoms with E-state index in [0.29, 0.717) is 0 Å². The van der Waals surface area contributed by atoms with Crippen molar-refractivity contribution in [3.8, 4) is 44.8 Å². The zero-order chi connectivity index (χ0) is 63.5. The normalized spacial score (nSPS) is 12.3. The van der Waals surface area contributed by atoms with Crippen molar-refractivity contribution in [1.82, 2.24) is 9.13 Å². The van der Waals surface area contributed by atoms with Crippen LogP contribution in [0.5, 0.6) is 0 Å². The van der Waals surface area contributed by atoms with Crippen LogP contribution in [0.25, 0.3) is 173 Å². The molecule has 452 valence electrons. The molecule has 7 heteroatoms. The molecule has 0 aliphatic rings. The highest BCUT2D eigenvalue weighted by Crippen LogP contribution is 2.44. The molecule has 0 bridgehead atoms. The highest BCUT2D eigenvalue weighted by Gasteiger charge is 2.44. The van der Waals surface area contributed by atoms with Crippen molar-refractivity contribution in [3.05, 3.63) is 328 Å². The highest BCUT2D eigenvalue weighted by molar-refractivity contribution is 7.33. The molecule has 21 aromatic rings. The Morgan fingerprint density at radius 3 is 1.14 bits per heavy atom. The van der Waals surface area contributed by atoms with Gasteiger partial charge in [-0.05, 0) is 163 Å². The van der Waals surface area contributed by atoms with Crippen LogP contribution < -0.4 is 20.7 Å². The Labute approximate surface area is 565 Å². The van der Waals surface area contributed by atoms with Crippen LogP contribution >= 0.6 is 22.7 Å². The van der Waals surface area contributed by atoms with E-state index in [1.54, 1.807) is 0 Å². The number of rotatable bonds is 9. The van der Waals surface area contributed by atoms with E-state index in [9.17, 15) is 0 Å². The fourth-order valence-corrected chi connectivity index (χ4v) is 24.7. The van der Waals surface area contributed by atoms with Crippen molar-refractivity contribution in [3.63, 3.8) is 0 Å². The van der Waals surface area contributed by atoms with Gasteiger partial charge in [-0.3, -0.25) is 0 Å². The maximum Gasteiger partial charge on any atom is 0.182 e. The summed E-state index contributed by atoms with van der Waals surface area (Å²) in [5, 5.41) is 20.2. The number of aromatic nitrogens is 2. The average molecular weight is 1290 g/mol. The van der Waals surface area contributed by atoms with Crippen molar-refractivity contribution in [2.45, 2.75) is 0 Å². The molecule has 6 aromatic heterocycles. The van der Waals surface area contributed by atoms with Crippen LogP contribution in [0.2, 0.25) is 0 Å². The first-order valence-corrected chi connectivity index (χ1v) is 36.7. The van der Waals surface area contributed by atoms with Gasteiger partial charge < -0.3 is 18.0 Å². The fraction of sp³-hybridized carbons (Fsp3) is 0. The summed E-state index contributed by atoms with van der Waals surface area (Å²) >= 11 is 3.89. The van der Waals surface area contributed by atoms with Crippen LogP contribution in [0, 0.1) is 0 Å². The van der Waals surface area contributed by atoms with Gasteiger partial charge in [0, 0.05) is 94.8 Å². The zero-order valence-electron chi connectivity index (χ0n) is 52.2. The lowest BCUT2D eigenvalue weighted by Gasteiger charge is -2.35. The van der Waals surface area contributed by atoms with Gasteiger partial charge in [0.15, 0.2) is 8.07 Å². The summed E-state index contributed by atoms with van der Waals surface area (Å²) in [5.74, 6) is 0. The van der Waals surface area contributed by atoms with Gasteiger partial charge >= 0.3 is 0 Å². The summed E-state index contributed by atoms with van der Waals surface area (Å²) < 4.78 is 23.3. The number of furan rings is 2. The second-order valence-corrected chi connectivity index (χ2v) is 31.6. The molecule has 0 aliphatic carbocycles. The van der Waals surface area contributed by atoms with Crippen LogP contribution in [-0.4, -0.2) is 17.2 Å². The van der Waals surface area contributed by atoms with Crippen molar-refractivity contribution in [2.24, 2.45) is 0 Å². The Balaban J connectivity index is 0.643. The van der Waals surface area contributed by atoms with Gasteiger partial charge in [-0.15, -0.1) is 22.7 Å². The molecular formula is C90H54N2O2S2Si. The Morgan fingerprint density at radius 2 is 0.598 bits per heavy atom. The topological polar surface area (TPSA) is 36.1 Å². The number of para-hydroxylation sites is 3. The number of hydrogen-bond donors (Lipinski definition) is 0. The molecule has 21 rings (SSSR count). The lowest BCUT2D eigenvalue weighted by atomic mass is 9.97. The van der Waals surface area contributed by atoms with E-state index in [4.69, 9.17) is 8.83 Å². The third-order valence-electron chi connectivity index (χ3n) is 20.7. The maximum atomic E-state index is 6.63.